The molecule has 0 radical (unpaired) electrons. The van der Waals surface area contributed by atoms with Crippen molar-refractivity contribution >= 4 is 17.3 Å². The maximum Gasteiger partial charge on any atom is 0.114 e. The first-order valence-corrected chi connectivity index (χ1v) is 4.19. The molecule has 0 fully saturated rings. The zero-order valence-electron chi connectivity index (χ0n) is 7.33. The molecular weight excluding hydrogens is 186 g/mol. The highest BCUT2D eigenvalue weighted by Crippen LogP contribution is 2.10. The lowest BCUT2D eigenvalue weighted by Crippen LogP contribution is -1.93. The molecule has 0 aromatic heterocycles. The Morgan fingerprint density at radius 3 is 2.62 bits per heavy atom. The topological polar surface area (TPSA) is 21.6 Å². The van der Waals surface area contributed by atoms with Gasteiger partial charge in [0, 0.05) is 5.02 Å². The highest BCUT2D eigenvalue weighted by Gasteiger charge is 1.96. The van der Waals surface area contributed by atoms with Crippen molar-refractivity contribution in [1.29, 1.82) is 0 Å². The second-order valence-corrected chi connectivity index (χ2v) is 2.89. The van der Waals surface area contributed by atoms with Gasteiger partial charge in [-0.3, -0.25) is 0 Å². The highest BCUT2D eigenvalue weighted by molar-refractivity contribution is 6.30. The molecule has 0 unspecified atom stereocenters. The van der Waals surface area contributed by atoms with Crippen molar-refractivity contribution in [2.75, 3.05) is 0 Å². The molecule has 13 heavy (non-hydrogen) atoms. The third-order valence-electron chi connectivity index (χ3n) is 1.53. The van der Waals surface area contributed by atoms with Gasteiger partial charge in [0.15, 0.2) is 0 Å². The van der Waals surface area contributed by atoms with Gasteiger partial charge in [-0.1, -0.05) is 35.5 Å². The summed E-state index contributed by atoms with van der Waals surface area (Å²) in [6, 6.07) is 7.38. The van der Waals surface area contributed by atoms with Crippen molar-refractivity contribution in [2.24, 2.45) is 5.16 Å². The Kier molecular flexibility index (Phi) is 3.53. The van der Waals surface area contributed by atoms with E-state index in [4.69, 9.17) is 16.4 Å². The molecule has 0 N–H and O–H groups in total. The molecule has 0 amide bonds. The van der Waals surface area contributed by atoms with Gasteiger partial charge >= 0.3 is 0 Å². The first-order chi connectivity index (χ1) is 6.24. The molecule has 0 bridgehead atoms. The van der Waals surface area contributed by atoms with Crippen LogP contribution < -0.4 is 0 Å². The zero-order chi connectivity index (χ0) is 9.68. The maximum absolute atomic E-state index is 5.73. The molecule has 0 saturated heterocycles. The van der Waals surface area contributed by atoms with Gasteiger partial charge in [-0.05, 0) is 24.6 Å². The fraction of sp³-hybridized carbons (Fsp3) is 0.100. The number of rotatable bonds is 3. The van der Waals surface area contributed by atoms with E-state index in [1.54, 1.807) is 0 Å². The van der Waals surface area contributed by atoms with Crippen LogP contribution in [0.15, 0.2) is 42.3 Å². The molecule has 1 rings (SSSR count). The normalized spacial score (nSPS) is 11.1. The lowest BCUT2D eigenvalue weighted by Gasteiger charge is -1.98. The Balaban J connectivity index is 2.82. The number of nitrogens with zero attached hydrogens (tertiary/aromatic N) is 1. The van der Waals surface area contributed by atoms with Crippen molar-refractivity contribution in [3.63, 3.8) is 0 Å². The fourth-order valence-corrected chi connectivity index (χ4v) is 0.986. The number of benzene rings is 1. The molecule has 1 aromatic carbocycles. The van der Waals surface area contributed by atoms with Crippen molar-refractivity contribution in [3.8, 4) is 0 Å². The van der Waals surface area contributed by atoms with E-state index in [2.05, 4.69) is 11.7 Å². The molecule has 1 aromatic rings. The van der Waals surface area contributed by atoms with Gasteiger partial charge in [-0.2, -0.15) is 0 Å². The molecule has 0 aliphatic carbocycles. The summed E-state index contributed by atoms with van der Waals surface area (Å²) in [4.78, 5) is 4.70. The Morgan fingerprint density at radius 2 is 2.08 bits per heavy atom. The summed E-state index contributed by atoms with van der Waals surface area (Å²) in [6.07, 6.45) is 1.28. The molecule has 0 aliphatic rings. The van der Waals surface area contributed by atoms with Gasteiger partial charge in [0.1, 0.15) is 6.26 Å². The molecular formula is C10H10ClNO. The number of oxime groups is 1. The third kappa shape index (κ3) is 2.92. The van der Waals surface area contributed by atoms with Crippen LogP contribution in [-0.4, -0.2) is 5.71 Å². The molecule has 2 nitrogen and oxygen atoms in total. The van der Waals surface area contributed by atoms with E-state index in [1.807, 2.05) is 31.2 Å². The van der Waals surface area contributed by atoms with E-state index in [-0.39, 0.29) is 0 Å². The molecule has 3 heteroatoms. The van der Waals surface area contributed by atoms with E-state index in [9.17, 15) is 0 Å². The van der Waals surface area contributed by atoms with Gasteiger partial charge < -0.3 is 4.84 Å². The van der Waals surface area contributed by atoms with Crippen LogP contribution in [0, 0.1) is 0 Å². The Hall–Kier alpha value is -1.28. The van der Waals surface area contributed by atoms with Crippen molar-refractivity contribution < 1.29 is 4.84 Å². The third-order valence-corrected chi connectivity index (χ3v) is 1.78. The van der Waals surface area contributed by atoms with Crippen LogP contribution in [0.2, 0.25) is 5.02 Å². The second-order valence-electron chi connectivity index (χ2n) is 2.46. The average molecular weight is 196 g/mol. The minimum absolute atomic E-state index is 0.709. The lowest BCUT2D eigenvalue weighted by molar-refractivity contribution is 0.269. The van der Waals surface area contributed by atoms with Crippen molar-refractivity contribution in [2.45, 2.75) is 6.92 Å². The molecule has 0 heterocycles. The fourth-order valence-electron chi connectivity index (χ4n) is 0.860. The number of halogens is 1. The van der Waals surface area contributed by atoms with Crippen LogP contribution in [0.4, 0.5) is 0 Å². The zero-order valence-corrected chi connectivity index (χ0v) is 8.08. The lowest BCUT2D eigenvalue weighted by atomic mass is 10.1. The van der Waals surface area contributed by atoms with Gasteiger partial charge in [-0.15, -0.1) is 0 Å². The van der Waals surface area contributed by atoms with E-state index in [0.717, 1.165) is 11.3 Å². The number of hydrogen-bond donors (Lipinski definition) is 0. The minimum Gasteiger partial charge on any atom is -0.365 e. The predicted molar refractivity (Wildman–Crippen MR) is 54.9 cm³/mol. The molecule has 0 saturated carbocycles. The van der Waals surface area contributed by atoms with Crippen LogP contribution in [0.25, 0.3) is 0 Å². The summed E-state index contributed by atoms with van der Waals surface area (Å²) in [5, 5.41) is 4.51. The highest BCUT2D eigenvalue weighted by atomic mass is 35.5. The largest absolute Gasteiger partial charge is 0.365 e. The summed E-state index contributed by atoms with van der Waals surface area (Å²) in [5.74, 6) is 0. The van der Waals surface area contributed by atoms with Crippen LogP contribution in [0.3, 0.4) is 0 Å². The Labute approximate surface area is 82.5 Å². The summed E-state index contributed by atoms with van der Waals surface area (Å²) in [5.41, 5.74) is 1.77. The number of hydrogen-bond acceptors (Lipinski definition) is 2. The molecule has 68 valence electrons. The van der Waals surface area contributed by atoms with Crippen LogP contribution in [0.5, 0.6) is 0 Å². The van der Waals surface area contributed by atoms with Gasteiger partial charge in [0.05, 0.1) is 5.71 Å². The van der Waals surface area contributed by atoms with Gasteiger partial charge in [-0.25, -0.2) is 0 Å². The van der Waals surface area contributed by atoms with Crippen LogP contribution >= 0.6 is 11.6 Å². The quantitative estimate of drug-likeness (QED) is 0.412. The smallest absolute Gasteiger partial charge is 0.114 e. The first-order valence-electron chi connectivity index (χ1n) is 3.81. The Morgan fingerprint density at radius 1 is 1.46 bits per heavy atom. The summed E-state index contributed by atoms with van der Waals surface area (Å²) in [6.45, 7) is 5.24. The standard InChI is InChI=1S/C10H10ClNO/c1-3-13-12-8(2)9-4-6-10(11)7-5-9/h3-7H,1H2,2H3/b12-8+. The van der Waals surface area contributed by atoms with Gasteiger partial charge in [0.25, 0.3) is 0 Å². The second kappa shape index (κ2) is 4.67. The summed E-state index contributed by atoms with van der Waals surface area (Å²) < 4.78 is 0. The van der Waals surface area contributed by atoms with E-state index < -0.39 is 0 Å². The first kappa shape index (κ1) is 9.81. The molecule has 0 atom stereocenters. The van der Waals surface area contributed by atoms with Gasteiger partial charge in [0.2, 0.25) is 0 Å². The summed E-state index contributed by atoms with van der Waals surface area (Å²) in [7, 11) is 0. The molecule has 0 spiro atoms. The van der Waals surface area contributed by atoms with Crippen LogP contribution in [0.1, 0.15) is 12.5 Å². The van der Waals surface area contributed by atoms with E-state index in [0.29, 0.717) is 5.02 Å². The van der Waals surface area contributed by atoms with Crippen molar-refractivity contribution in [3.05, 3.63) is 47.7 Å². The minimum atomic E-state index is 0.709. The monoisotopic (exact) mass is 195 g/mol. The average Bonchev–Trinajstić information content (AvgIpc) is 2.15. The predicted octanol–water partition coefficient (Wildman–Crippen LogP) is 3.22. The SMILES string of the molecule is C=CO/N=C(\C)c1ccc(Cl)cc1. The van der Waals surface area contributed by atoms with Crippen LogP contribution in [-0.2, 0) is 4.84 Å². The maximum atomic E-state index is 5.73. The molecule has 0 aliphatic heterocycles. The van der Waals surface area contributed by atoms with Crippen molar-refractivity contribution in [1.82, 2.24) is 0 Å². The summed E-state index contributed by atoms with van der Waals surface area (Å²) >= 11 is 5.73. The van der Waals surface area contributed by atoms with E-state index in [1.165, 1.54) is 6.26 Å². The van der Waals surface area contributed by atoms with E-state index >= 15 is 0 Å². The Bertz CT molecular complexity index is 316.